The van der Waals surface area contributed by atoms with Gasteiger partial charge in [0.05, 0.1) is 0 Å². The van der Waals surface area contributed by atoms with E-state index in [1.54, 1.807) is 0 Å². The second kappa shape index (κ2) is 8.50. The molecule has 0 bridgehead atoms. The van der Waals surface area contributed by atoms with Gasteiger partial charge in [-0.15, -0.1) is 0 Å². The molecule has 1 saturated heterocycles. The van der Waals surface area contributed by atoms with Gasteiger partial charge in [0.2, 0.25) is 5.91 Å². The van der Waals surface area contributed by atoms with E-state index in [4.69, 9.17) is 11.6 Å². The largest absolute Gasteiger partial charge is 0.352 e. The van der Waals surface area contributed by atoms with Crippen LogP contribution in [0.2, 0.25) is 5.02 Å². The molecular formula is C21H25ClN2O. The van der Waals surface area contributed by atoms with Gasteiger partial charge in [-0.1, -0.05) is 54.1 Å². The molecule has 4 heteroatoms. The lowest BCUT2D eigenvalue weighted by atomic mass is 9.95. The van der Waals surface area contributed by atoms with Gasteiger partial charge in [0.15, 0.2) is 0 Å². The van der Waals surface area contributed by atoms with E-state index in [0.29, 0.717) is 11.6 Å². The van der Waals surface area contributed by atoms with Gasteiger partial charge in [-0.05, 0) is 55.6 Å². The zero-order valence-electron chi connectivity index (χ0n) is 14.7. The number of halogens is 1. The number of likely N-dealkylation sites (tertiary alicyclic amines) is 1. The van der Waals surface area contributed by atoms with Crippen LogP contribution in [0.25, 0.3) is 0 Å². The molecule has 0 radical (unpaired) electrons. The first kappa shape index (κ1) is 18.0. The lowest BCUT2D eigenvalue weighted by molar-refractivity contribution is -0.126. The highest BCUT2D eigenvalue weighted by molar-refractivity contribution is 6.31. The summed E-state index contributed by atoms with van der Waals surface area (Å²) in [5, 5.41) is 3.75. The molecule has 0 atom stereocenters. The van der Waals surface area contributed by atoms with Crippen molar-refractivity contribution in [2.45, 2.75) is 32.9 Å². The first-order valence-corrected chi connectivity index (χ1v) is 9.29. The molecule has 132 valence electrons. The molecule has 0 unspecified atom stereocenters. The molecule has 2 aromatic rings. The molecule has 0 aliphatic carbocycles. The summed E-state index contributed by atoms with van der Waals surface area (Å²) in [5.41, 5.74) is 3.68. The standard InChI is InChI=1S/C21H25ClN2O/c1-16-6-2-3-8-19(16)15-24-12-10-17(11-13-24)21(25)23-14-18-7-4-5-9-20(18)22/h2-9,17H,10-15H2,1H3,(H,23,25). The molecule has 1 heterocycles. The summed E-state index contributed by atoms with van der Waals surface area (Å²) < 4.78 is 0. The van der Waals surface area contributed by atoms with E-state index in [1.165, 1.54) is 11.1 Å². The van der Waals surface area contributed by atoms with Crippen molar-refractivity contribution < 1.29 is 4.79 Å². The molecule has 1 fully saturated rings. The molecule has 1 aliphatic rings. The maximum absolute atomic E-state index is 12.4. The van der Waals surface area contributed by atoms with Gasteiger partial charge in [-0.3, -0.25) is 9.69 Å². The number of amides is 1. The van der Waals surface area contributed by atoms with Crippen LogP contribution in [0.4, 0.5) is 0 Å². The number of hydrogen-bond acceptors (Lipinski definition) is 2. The predicted molar refractivity (Wildman–Crippen MR) is 102 cm³/mol. The number of nitrogens with one attached hydrogen (secondary N) is 1. The van der Waals surface area contributed by atoms with Crippen molar-refractivity contribution in [2.75, 3.05) is 13.1 Å². The number of nitrogens with zero attached hydrogens (tertiary/aromatic N) is 1. The molecule has 1 aliphatic heterocycles. The summed E-state index contributed by atoms with van der Waals surface area (Å²) in [5.74, 6) is 0.256. The van der Waals surface area contributed by atoms with Crippen LogP contribution in [0.1, 0.15) is 29.5 Å². The van der Waals surface area contributed by atoms with Crippen LogP contribution in [0, 0.1) is 12.8 Å². The quantitative estimate of drug-likeness (QED) is 0.871. The maximum Gasteiger partial charge on any atom is 0.223 e. The van der Waals surface area contributed by atoms with E-state index in [1.807, 2.05) is 24.3 Å². The van der Waals surface area contributed by atoms with Crippen molar-refractivity contribution >= 4 is 17.5 Å². The highest BCUT2D eigenvalue weighted by atomic mass is 35.5. The Morgan fingerprint density at radius 3 is 2.40 bits per heavy atom. The number of rotatable bonds is 5. The fraction of sp³-hybridized carbons (Fsp3) is 0.381. The third-order valence-corrected chi connectivity index (χ3v) is 5.39. The molecule has 0 saturated carbocycles. The van der Waals surface area contributed by atoms with E-state index in [-0.39, 0.29) is 11.8 Å². The van der Waals surface area contributed by atoms with Gasteiger partial charge < -0.3 is 5.32 Å². The SMILES string of the molecule is Cc1ccccc1CN1CCC(C(=O)NCc2ccccc2Cl)CC1. The average Bonchev–Trinajstić information content (AvgIpc) is 2.63. The van der Waals surface area contributed by atoms with E-state index >= 15 is 0 Å². The predicted octanol–water partition coefficient (Wildman–Crippen LogP) is 4.18. The first-order valence-electron chi connectivity index (χ1n) is 8.91. The van der Waals surface area contributed by atoms with Crippen LogP contribution in [-0.2, 0) is 17.9 Å². The van der Waals surface area contributed by atoms with Crippen LogP contribution < -0.4 is 5.32 Å². The summed E-state index contributed by atoms with van der Waals surface area (Å²) in [6.45, 7) is 5.57. The number of carbonyl (C=O) groups is 1. The zero-order valence-corrected chi connectivity index (χ0v) is 15.4. The number of hydrogen-bond donors (Lipinski definition) is 1. The van der Waals surface area contributed by atoms with E-state index in [9.17, 15) is 4.79 Å². The van der Waals surface area contributed by atoms with E-state index < -0.39 is 0 Å². The highest BCUT2D eigenvalue weighted by Crippen LogP contribution is 2.21. The fourth-order valence-electron chi connectivity index (χ4n) is 3.35. The van der Waals surface area contributed by atoms with Gasteiger partial charge in [0, 0.05) is 24.0 Å². The Morgan fingerprint density at radius 2 is 1.72 bits per heavy atom. The molecular weight excluding hydrogens is 332 g/mol. The molecule has 1 N–H and O–H groups in total. The fourth-order valence-corrected chi connectivity index (χ4v) is 3.55. The van der Waals surface area contributed by atoms with Crippen molar-refractivity contribution in [3.05, 3.63) is 70.2 Å². The van der Waals surface area contributed by atoms with Crippen LogP contribution in [0.5, 0.6) is 0 Å². The Labute approximate surface area is 155 Å². The van der Waals surface area contributed by atoms with Gasteiger partial charge in [0.25, 0.3) is 0 Å². The lowest BCUT2D eigenvalue weighted by Crippen LogP contribution is -2.40. The van der Waals surface area contributed by atoms with Crippen molar-refractivity contribution in [3.8, 4) is 0 Å². The Morgan fingerprint density at radius 1 is 1.08 bits per heavy atom. The van der Waals surface area contributed by atoms with Gasteiger partial charge in [0.1, 0.15) is 0 Å². The molecule has 2 aromatic carbocycles. The third-order valence-electron chi connectivity index (χ3n) is 5.02. The normalized spacial score (nSPS) is 15.9. The Hall–Kier alpha value is -1.84. The molecule has 0 aromatic heterocycles. The monoisotopic (exact) mass is 356 g/mol. The number of carbonyl (C=O) groups excluding carboxylic acids is 1. The smallest absolute Gasteiger partial charge is 0.223 e. The average molecular weight is 357 g/mol. The maximum atomic E-state index is 12.4. The summed E-state index contributed by atoms with van der Waals surface area (Å²) >= 11 is 6.14. The molecule has 25 heavy (non-hydrogen) atoms. The van der Waals surface area contributed by atoms with Crippen molar-refractivity contribution in [1.29, 1.82) is 0 Å². The molecule has 3 nitrogen and oxygen atoms in total. The summed E-state index contributed by atoms with van der Waals surface area (Å²) in [7, 11) is 0. The minimum Gasteiger partial charge on any atom is -0.352 e. The number of piperidine rings is 1. The summed E-state index contributed by atoms with van der Waals surface area (Å²) in [6.07, 6.45) is 1.83. The minimum atomic E-state index is 0.107. The zero-order chi connectivity index (χ0) is 17.6. The van der Waals surface area contributed by atoms with Gasteiger partial charge in [-0.2, -0.15) is 0 Å². The van der Waals surface area contributed by atoms with Gasteiger partial charge >= 0.3 is 0 Å². The second-order valence-corrected chi connectivity index (χ2v) is 7.19. The summed E-state index contributed by atoms with van der Waals surface area (Å²) in [4.78, 5) is 14.9. The highest BCUT2D eigenvalue weighted by Gasteiger charge is 2.25. The minimum absolute atomic E-state index is 0.107. The Kier molecular flexibility index (Phi) is 6.11. The first-order chi connectivity index (χ1) is 12.1. The van der Waals surface area contributed by atoms with Crippen molar-refractivity contribution in [2.24, 2.45) is 5.92 Å². The van der Waals surface area contributed by atoms with Crippen molar-refractivity contribution in [3.63, 3.8) is 0 Å². The summed E-state index contributed by atoms with van der Waals surface area (Å²) in [6, 6.07) is 16.2. The van der Waals surface area contributed by atoms with Crippen LogP contribution in [0.3, 0.4) is 0 Å². The van der Waals surface area contributed by atoms with Crippen LogP contribution in [-0.4, -0.2) is 23.9 Å². The molecule has 0 spiro atoms. The third kappa shape index (κ3) is 4.83. The number of benzene rings is 2. The van der Waals surface area contributed by atoms with E-state index in [2.05, 4.69) is 41.4 Å². The lowest BCUT2D eigenvalue weighted by Gasteiger charge is -2.31. The molecule has 3 rings (SSSR count). The Balaban J connectivity index is 1.46. The van der Waals surface area contributed by atoms with Gasteiger partial charge in [-0.25, -0.2) is 0 Å². The Bertz CT molecular complexity index is 723. The van der Waals surface area contributed by atoms with Crippen LogP contribution in [0.15, 0.2) is 48.5 Å². The van der Waals surface area contributed by atoms with Crippen LogP contribution >= 0.6 is 11.6 Å². The van der Waals surface area contributed by atoms with E-state index in [0.717, 1.165) is 38.0 Å². The topological polar surface area (TPSA) is 32.3 Å². The molecule has 1 amide bonds. The van der Waals surface area contributed by atoms with Crippen molar-refractivity contribution in [1.82, 2.24) is 10.2 Å². The number of aryl methyl sites for hydroxylation is 1. The second-order valence-electron chi connectivity index (χ2n) is 6.79.